The van der Waals surface area contributed by atoms with Crippen molar-refractivity contribution in [1.29, 1.82) is 5.26 Å². The van der Waals surface area contributed by atoms with Crippen LogP contribution in [0.3, 0.4) is 0 Å². The van der Waals surface area contributed by atoms with Crippen LogP contribution < -0.4 is 14.8 Å². The standard InChI is InChI=1S/C19H15FN2O3/c20-15-5-7-16(8-6-15)22-19(23)14(12-21)11-13-3-1-4-17-18(13)25-10-2-9-24-17/h1,3-8,11H,2,9-10H2,(H,22,23)/b14-11+. The quantitative estimate of drug-likeness (QED) is 0.686. The first kappa shape index (κ1) is 16.5. The number of fused-ring (bicyclic) bond motifs is 1. The fourth-order valence-electron chi connectivity index (χ4n) is 2.37. The maximum atomic E-state index is 12.9. The Morgan fingerprint density at radius 1 is 1.16 bits per heavy atom. The molecule has 0 unspecified atom stereocenters. The number of amides is 1. The maximum absolute atomic E-state index is 12.9. The number of ether oxygens (including phenoxy) is 2. The van der Waals surface area contributed by atoms with Crippen LogP contribution in [0.25, 0.3) is 6.08 Å². The second-order valence-electron chi connectivity index (χ2n) is 5.36. The van der Waals surface area contributed by atoms with E-state index in [2.05, 4.69) is 5.32 Å². The van der Waals surface area contributed by atoms with Gasteiger partial charge in [-0.15, -0.1) is 0 Å². The topological polar surface area (TPSA) is 71.3 Å². The highest BCUT2D eigenvalue weighted by molar-refractivity contribution is 6.09. The van der Waals surface area contributed by atoms with Gasteiger partial charge in [0.25, 0.3) is 5.91 Å². The van der Waals surface area contributed by atoms with Gasteiger partial charge in [-0.2, -0.15) is 5.26 Å². The smallest absolute Gasteiger partial charge is 0.266 e. The molecule has 0 atom stereocenters. The van der Waals surface area contributed by atoms with E-state index in [0.29, 0.717) is 36.0 Å². The normalized spacial score (nSPS) is 13.5. The van der Waals surface area contributed by atoms with Crippen molar-refractivity contribution in [2.45, 2.75) is 6.42 Å². The monoisotopic (exact) mass is 338 g/mol. The van der Waals surface area contributed by atoms with Gasteiger partial charge in [0.05, 0.1) is 13.2 Å². The summed E-state index contributed by atoms with van der Waals surface area (Å²) in [7, 11) is 0. The van der Waals surface area contributed by atoms with E-state index in [1.165, 1.54) is 30.3 Å². The molecule has 6 heteroatoms. The van der Waals surface area contributed by atoms with Crippen molar-refractivity contribution in [2.75, 3.05) is 18.5 Å². The Balaban J connectivity index is 1.87. The Hall–Kier alpha value is -3.33. The van der Waals surface area contributed by atoms with E-state index < -0.39 is 11.7 Å². The molecule has 0 saturated heterocycles. The van der Waals surface area contributed by atoms with Crippen molar-refractivity contribution in [2.24, 2.45) is 0 Å². The minimum atomic E-state index is -0.582. The van der Waals surface area contributed by atoms with E-state index in [1.54, 1.807) is 18.2 Å². The van der Waals surface area contributed by atoms with Gasteiger partial charge < -0.3 is 14.8 Å². The number of carbonyl (C=O) groups excluding carboxylic acids is 1. The molecular formula is C19H15FN2O3. The van der Waals surface area contributed by atoms with E-state index >= 15 is 0 Å². The zero-order valence-corrected chi connectivity index (χ0v) is 13.3. The predicted octanol–water partition coefficient (Wildman–Crippen LogP) is 3.53. The fourth-order valence-corrected chi connectivity index (χ4v) is 2.37. The van der Waals surface area contributed by atoms with Crippen molar-refractivity contribution < 1.29 is 18.7 Å². The second-order valence-corrected chi connectivity index (χ2v) is 5.36. The summed E-state index contributed by atoms with van der Waals surface area (Å²) >= 11 is 0. The summed E-state index contributed by atoms with van der Waals surface area (Å²) in [6.45, 7) is 1.05. The number of hydrogen-bond donors (Lipinski definition) is 1. The van der Waals surface area contributed by atoms with Gasteiger partial charge >= 0.3 is 0 Å². The van der Waals surface area contributed by atoms with Crippen LogP contribution in [0.4, 0.5) is 10.1 Å². The van der Waals surface area contributed by atoms with Gasteiger partial charge in [-0.25, -0.2) is 4.39 Å². The molecule has 25 heavy (non-hydrogen) atoms. The van der Waals surface area contributed by atoms with Gasteiger partial charge in [0.15, 0.2) is 11.5 Å². The number of nitrogens with zero attached hydrogens (tertiary/aromatic N) is 1. The number of hydrogen-bond acceptors (Lipinski definition) is 4. The molecule has 0 aromatic heterocycles. The molecule has 3 rings (SSSR count). The summed E-state index contributed by atoms with van der Waals surface area (Å²) in [5.74, 6) is 0.115. The van der Waals surface area contributed by atoms with E-state index in [0.717, 1.165) is 6.42 Å². The van der Waals surface area contributed by atoms with Crippen LogP contribution >= 0.6 is 0 Å². The Bertz CT molecular complexity index is 854. The molecule has 0 bridgehead atoms. The first-order valence-corrected chi connectivity index (χ1v) is 7.75. The van der Waals surface area contributed by atoms with E-state index in [1.807, 2.05) is 6.07 Å². The van der Waals surface area contributed by atoms with Crippen molar-refractivity contribution in [1.82, 2.24) is 0 Å². The number of nitrogens with one attached hydrogen (secondary N) is 1. The zero-order valence-electron chi connectivity index (χ0n) is 13.3. The lowest BCUT2D eigenvalue weighted by molar-refractivity contribution is -0.112. The molecule has 2 aromatic rings. The molecule has 1 heterocycles. The highest BCUT2D eigenvalue weighted by Gasteiger charge is 2.16. The molecule has 0 aliphatic carbocycles. The van der Waals surface area contributed by atoms with Crippen LogP contribution in [0, 0.1) is 17.1 Å². The summed E-state index contributed by atoms with van der Waals surface area (Å²) in [5, 5.41) is 11.9. The van der Waals surface area contributed by atoms with Crippen LogP contribution in [0.2, 0.25) is 0 Å². The first-order chi connectivity index (χ1) is 12.2. The summed E-state index contributed by atoms with van der Waals surface area (Å²) in [6.07, 6.45) is 2.21. The minimum Gasteiger partial charge on any atom is -0.490 e. The Kier molecular flexibility index (Phi) is 4.95. The lowest BCUT2D eigenvalue weighted by Gasteiger charge is -2.10. The second kappa shape index (κ2) is 7.49. The molecule has 2 aromatic carbocycles. The van der Waals surface area contributed by atoms with Crippen molar-refractivity contribution in [3.8, 4) is 17.6 Å². The highest BCUT2D eigenvalue weighted by Crippen LogP contribution is 2.34. The average Bonchev–Trinajstić information content (AvgIpc) is 2.87. The largest absolute Gasteiger partial charge is 0.490 e. The lowest BCUT2D eigenvalue weighted by Crippen LogP contribution is -2.13. The number of nitriles is 1. The number of benzene rings is 2. The third kappa shape index (κ3) is 3.96. The molecule has 0 fully saturated rings. The Morgan fingerprint density at radius 3 is 2.68 bits per heavy atom. The van der Waals surface area contributed by atoms with Gasteiger partial charge in [-0.3, -0.25) is 4.79 Å². The Morgan fingerprint density at radius 2 is 1.92 bits per heavy atom. The van der Waals surface area contributed by atoms with Gasteiger partial charge in [0.1, 0.15) is 17.5 Å². The number of carbonyl (C=O) groups is 1. The first-order valence-electron chi connectivity index (χ1n) is 7.75. The van der Waals surface area contributed by atoms with Crippen LogP contribution in [0.15, 0.2) is 48.0 Å². The Labute approximate surface area is 144 Å². The third-order valence-electron chi connectivity index (χ3n) is 3.57. The molecule has 5 nitrogen and oxygen atoms in total. The summed E-state index contributed by atoms with van der Waals surface area (Å²) in [4.78, 5) is 12.3. The molecule has 0 radical (unpaired) electrons. The number of anilines is 1. The summed E-state index contributed by atoms with van der Waals surface area (Å²) < 4.78 is 24.2. The van der Waals surface area contributed by atoms with Gasteiger partial charge in [-0.1, -0.05) is 12.1 Å². The van der Waals surface area contributed by atoms with E-state index in [-0.39, 0.29) is 5.57 Å². The van der Waals surface area contributed by atoms with Crippen LogP contribution in [-0.4, -0.2) is 19.1 Å². The van der Waals surface area contributed by atoms with E-state index in [4.69, 9.17) is 9.47 Å². The lowest BCUT2D eigenvalue weighted by atomic mass is 10.1. The van der Waals surface area contributed by atoms with Gasteiger partial charge in [-0.05, 0) is 36.4 Å². The molecular weight excluding hydrogens is 323 g/mol. The fraction of sp³-hybridized carbons (Fsp3) is 0.158. The molecule has 126 valence electrons. The summed E-state index contributed by atoms with van der Waals surface area (Å²) in [5.41, 5.74) is 0.898. The highest BCUT2D eigenvalue weighted by atomic mass is 19.1. The van der Waals surface area contributed by atoms with Crippen molar-refractivity contribution >= 4 is 17.7 Å². The third-order valence-corrected chi connectivity index (χ3v) is 3.57. The number of rotatable bonds is 3. The molecule has 0 saturated carbocycles. The van der Waals surface area contributed by atoms with Gasteiger partial charge in [0, 0.05) is 17.7 Å². The molecule has 1 N–H and O–H groups in total. The van der Waals surface area contributed by atoms with Crippen LogP contribution in [0.1, 0.15) is 12.0 Å². The molecule has 1 aliphatic rings. The molecule has 1 amide bonds. The minimum absolute atomic E-state index is 0.0921. The van der Waals surface area contributed by atoms with Crippen molar-refractivity contribution in [3.63, 3.8) is 0 Å². The molecule has 0 spiro atoms. The van der Waals surface area contributed by atoms with Crippen LogP contribution in [0.5, 0.6) is 11.5 Å². The number of para-hydroxylation sites is 1. The summed E-state index contributed by atoms with van der Waals surface area (Å²) in [6, 6.07) is 12.5. The SMILES string of the molecule is N#C/C(=C\c1cccc2c1OCCCO2)C(=O)Nc1ccc(F)cc1. The average molecular weight is 338 g/mol. The zero-order chi connectivity index (χ0) is 17.6. The van der Waals surface area contributed by atoms with Crippen LogP contribution in [-0.2, 0) is 4.79 Å². The van der Waals surface area contributed by atoms with E-state index in [9.17, 15) is 14.4 Å². The predicted molar refractivity (Wildman–Crippen MR) is 90.7 cm³/mol. The van der Waals surface area contributed by atoms with Crippen molar-refractivity contribution in [3.05, 3.63) is 59.4 Å². The number of halogens is 1. The van der Waals surface area contributed by atoms with Gasteiger partial charge in [0.2, 0.25) is 0 Å². The maximum Gasteiger partial charge on any atom is 0.266 e. The molecule has 1 aliphatic heterocycles.